The number of aryl methyl sites for hydroxylation is 1. The minimum Gasteiger partial charge on any atom is -0.343 e. The number of nitro groups is 1. The van der Waals surface area contributed by atoms with Crippen molar-refractivity contribution in [3.63, 3.8) is 0 Å². The number of benzene rings is 1. The first kappa shape index (κ1) is 17.4. The molecule has 23 heavy (non-hydrogen) atoms. The van der Waals surface area contributed by atoms with Gasteiger partial charge in [0.2, 0.25) is 15.9 Å². The number of non-ortho nitro benzene ring substituents is 1. The first-order valence-electron chi connectivity index (χ1n) is 7.34. The lowest BCUT2D eigenvalue weighted by Gasteiger charge is -2.15. The summed E-state index contributed by atoms with van der Waals surface area (Å²) in [6.07, 6.45) is 1.90. The van der Waals surface area contributed by atoms with Gasteiger partial charge >= 0.3 is 0 Å². The molecule has 0 aromatic heterocycles. The molecule has 9 heteroatoms. The average Bonchev–Trinajstić information content (AvgIpc) is 2.89. The predicted octanol–water partition coefficient (Wildman–Crippen LogP) is 1.19. The summed E-state index contributed by atoms with van der Waals surface area (Å²) in [6.45, 7) is 2.99. The molecule has 0 bridgehead atoms. The first-order chi connectivity index (χ1) is 10.8. The number of nitrogens with one attached hydrogen (secondary N) is 1. The van der Waals surface area contributed by atoms with Crippen molar-refractivity contribution in [1.29, 1.82) is 0 Å². The molecule has 1 aromatic rings. The highest BCUT2D eigenvalue weighted by Gasteiger charge is 2.21. The number of carbonyl (C=O) groups excluding carboxylic acids is 1. The van der Waals surface area contributed by atoms with Crippen LogP contribution in [0.25, 0.3) is 0 Å². The molecule has 1 saturated heterocycles. The number of hydrogen-bond donors (Lipinski definition) is 1. The predicted molar refractivity (Wildman–Crippen MR) is 83.5 cm³/mol. The van der Waals surface area contributed by atoms with Crippen molar-refractivity contribution in [1.82, 2.24) is 9.62 Å². The lowest BCUT2D eigenvalue weighted by molar-refractivity contribution is -0.385. The van der Waals surface area contributed by atoms with Crippen LogP contribution < -0.4 is 4.72 Å². The fourth-order valence-corrected chi connectivity index (χ4v) is 3.82. The number of nitro benzene ring substituents is 1. The molecule has 1 fully saturated rings. The number of likely N-dealkylation sites (tertiary alicyclic amines) is 1. The Labute approximate surface area is 134 Å². The second-order valence-electron chi connectivity index (χ2n) is 5.44. The Hall–Kier alpha value is -2.00. The van der Waals surface area contributed by atoms with Crippen LogP contribution in [-0.4, -0.2) is 43.8 Å². The molecule has 0 unspecified atom stereocenters. The molecular formula is C14H19N3O5S. The normalized spacial score (nSPS) is 15.2. The SMILES string of the molecule is Cc1ccc([N+](=O)[O-])cc1S(=O)(=O)NCCCN1CCCC1=O. The zero-order valence-corrected chi connectivity index (χ0v) is 13.6. The van der Waals surface area contributed by atoms with E-state index in [0.29, 0.717) is 24.9 Å². The topological polar surface area (TPSA) is 110 Å². The molecule has 126 valence electrons. The molecular weight excluding hydrogens is 322 g/mol. The molecule has 8 nitrogen and oxygen atoms in total. The Morgan fingerprint density at radius 2 is 2.13 bits per heavy atom. The maximum atomic E-state index is 12.3. The minimum absolute atomic E-state index is 0.0936. The Balaban J connectivity index is 1.97. The highest BCUT2D eigenvalue weighted by molar-refractivity contribution is 7.89. The highest BCUT2D eigenvalue weighted by Crippen LogP contribution is 2.21. The van der Waals surface area contributed by atoms with Crippen LogP contribution >= 0.6 is 0 Å². The first-order valence-corrected chi connectivity index (χ1v) is 8.82. The summed E-state index contributed by atoms with van der Waals surface area (Å²) in [7, 11) is -3.81. The van der Waals surface area contributed by atoms with Crippen molar-refractivity contribution in [2.75, 3.05) is 19.6 Å². The summed E-state index contributed by atoms with van der Waals surface area (Å²) in [5.41, 5.74) is 0.177. The molecule has 1 amide bonds. The van der Waals surface area contributed by atoms with Crippen molar-refractivity contribution in [2.45, 2.75) is 31.1 Å². The van der Waals surface area contributed by atoms with E-state index in [1.54, 1.807) is 11.8 Å². The molecule has 0 aliphatic carbocycles. The molecule has 2 rings (SSSR count). The lowest BCUT2D eigenvalue weighted by atomic mass is 10.2. The molecule has 1 aliphatic heterocycles. The second-order valence-corrected chi connectivity index (χ2v) is 7.18. The third-order valence-corrected chi connectivity index (χ3v) is 5.34. The van der Waals surface area contributed by atoms with E-state index in [9.17, 15) is 23.3 Å². The summed E-state index contributed by atoms with van der Waals surface area (Å²) in [4.78, 5) is 23.2. The van der Waals surface area contributed by atoms with E-state index in [4.69, 9.17) is 0 Å². The summed E-state index contributed by atoms with van der Waals surface area (Å²) in [5, 5.41) is 10.8. The van der Waals surface area contributed by atoms with Crippen LogP contribution in [0.2, 0.25) is 0 Å². The minimum atomic E-state index is -3.81. The van der Waals surface area contributed by atoms with E-state index < -0.39 is 14.9 Å². The maximum Gasteiger partial charge on any atom is 0.270 e. The third-order valence-electron chi connectivity index (χ3n) is 3.74. The molecule has 0 radical (unpaired) electrons. The summed E-state index contributed by atoms with van der Waals surface area (Å²) >= 11 is 0. The van der Waals surface area contributed by atoms with Crippen LogP contribution in [0, 0.1) is 17.0 Å². The van der Waals surface area contributed by atoms with Crippen LogP contribution in [0.3, 0.4) is 0 Å². The summed E-state index contributed by atoms with van der Waals surface area (Å²) < 4.78 is 27.0. The Bertz CT molecular complexity index is 717. The number of carbonyl (C=O) groups is 1. The van der Waals surface area contributed by atoms with E-state index in [1.165, 1.54) is 12.1 Å². The van der Waals surface area contributed by atoms with E-state index in [1.807, 2.05) is 0 Å². The van der Waals surface area contributed by atoms with Crippen LogP contribution in [0.5, 0.6) is 0 Å². The third kappa shape index (κ3) is 4.26. The number of hydrogen-bond acceptors (Lipinski definition) is 5. The van der Waals surface area contributed by atoms with E-state index in [0.717, 1.165) is 19.0 Å². The van der Waals surface area contributed by atoms with Gasteiger partial charge in [0.1, 0.15) is 0 Å². The Morgan fingerprint density at radius 3 is 2.74 bits per heavy atom. The van der Waals surface area contributed by atoms with Crippen molar-refractivity contribution < 1.29 is 18.1 Å². The average molecular weight is 341 g/mol. The molecule has 1 aromatic carbocycles. The fourth-order valence-electron chi connectivity index (χ4n) is 2.49. The fraction of sp³-hybridized carbons (Fsp3) is 0.500. The maximum absolute atomic E-state index is 12.3. The van der Waals surface area contributed by atoms with Crippen LogP contribution in [0.4, 0.5) is 5.69 Å². The molecule has 1 aliphatic rings. The van der Waals surface area contributed by atoms with Gasteiger partial charge in [-0.25, -0.2) is 13.1 Å². The van der Waals surface area contributed by atoms with Crippen molar-refractivity contribution in [3.05, 3.63) is 33.9 Å². The summed E-state index contributed by atoms with van der Waals surface area (Å²) in [6, 6.07) is 3.74. The van der Waals surface area contributed by atoms with E-state index >= 15 is 0 Å². The van der Waals surface area contributed by atoms with Gasteiger partial charge in [-0.15, -0.1) is 0 Å². The number of sulfonamides is 1. The monoisotopic (exact) mass is 341 g/mol. The molecule has 1 N–H and O–H groups in total. The van der Waals surface area contributed by atoms with Gasteiger partial charge in [-0.3, -0.25) is 14.9 Å². The molecule has 0 saturated carbocycles. The Kier molecular flexibility index (Phi) is 5.32. The van der Waals surface area contributed by atoms with E-state index in [-0.39, 0.29) is 23.0 Å². The Morgan fingerprint density at radius 1 is 1.39 bits per heavy atom. The van der Waals surface area contributed by atoms with Gasteiger partial charge in [-0.05, 0) is 25.3 Å². The van der Waals surface area contributed by atoms with Gasteiger partial charge in [0.15, 0.2) is 0 Å². The zero-order chi connectivity index (χ0) is 17.0. The number of rotatable bonds is 7. The smallest absolute Gasteiger partial charge is 0.270 e. The van der Waals surface area contributed by atoms with Gasteiger partial charge in [-0.1, -0.05) is 6.07 Å². The van der Waals surface area contributed by atoms with Gasteiger partial charge in [0.25, 0.3) is 5.69 Å². The largest absolute Gasteiger partial charge is 0.343 e. The molecule has 1 heterocycles. The van der Waals surface area contributed by atoms with Crippen molar-refractivity contribution in [3.8, 4) is 0 Å². The van der Waals surface area contributed by atoms with Gasteiger partial charge in [-0.2, -0.15) is 0 Å². The van der Waals surface area contributed by atoms with Crippen LogP contribution in [0.15, 0.2) is 23.1 Å². The highest BCUT2D eigenvalue weighted by atomic mass is 32.2. The van der Waals surface area contributed by atoms with Crippen molar-refractivity contribution >= 4 is 21.6 Å². The number of nitrogens with zero attached hydrogens (tertiary/aromatic N) is 2. The summed E-state index contributed by atoms with van der Waals surface area (Å²) in [5.74, 6) is 0.0994. The number of amides is 1. The van der Waals surface area contributed by atoms with Gasteiger partial charge in [0, 0.05) is 38.2 Å². The van der Waals surface area contributed by atoms with Gasteiger partial charge < -0.3 is 4.90 Å². The second kappa shape index (κ2) is 7.05. The van der Waals surface area contributed by atoms with Crippen LogP contribution in [-0.2, 0) is 14.8 Å². The van der Waals surface area contributed by atoms with E-state index in [2.05, 4.69) is 4.72 Å². The van der Waals surface area contributed by atoms with Gasteiger partial charge in [0.05, 0.1) is 9.82 Å². The zero-order valence-electron chi connectivity index (χ0n) is 12.8. The molecule has 0 spiro atoms. The van der Waals surface area contributed by atoms with Crippen molar-refractivity contribution in [2.24, 2.45) is 0 Å². The van der Waals surface area contributed by atoms with Crippen LogP contribution in [0.1, 0.15) is 24.8 Å². The standard InChI is InChI=1S/C14H19N3O5S/c1-11-5-6-12(17(19)20)10-13(11)23(21,22)15-7-3-9-16-8-2-4-14(16)18/h5-6,10,15H,2-4,7-9H2,1H3. The quantitative estimate of drug-likeness (QED) is 0.455. The molecule has 0 atom stereocenters. The lowest BCUT2D eigenvalue weighted by Crippen LogP contribution is -2.31.